The lowest BCUT2D eigenvalue weighted by atomic mass is 10.1. The van der Waals surface area contributed by atoms with Crippen LogP contribution in [0.1, 0.15) is 25.8 Å². The summed E-state index contributed by atoms with van der Waals surface area (Å²) in [5, 5.41) is 2.37. The van der Waals surface area contributed by atoms with Crippen molar-refractivity contribution in [3.05, 3.63) is 64.7 Å². The number of halogens is 3. The molecule has 2 aromatic carbocycles. The third kappa shape index (κ3) is 7.13. The fraction of sp³-hybridized carbons (Fsp3) is 0.364. The summed E-state index contributed by atoms with van der Waals surface area (Å²) >= 11 is 5.80. The van der Waals surface area contributed by atoms with Crippen LogP contribution in [0.2, 0.25) is 5.02 Å². The molecule has 1 N–H and O–H groups in total. The zero-order valence-corrected chi connectivity index (χ0v) is 20.1. The number of hydrogen-bond acceptors (Lipinski definition) is 4. The van der Waals surface area contributed by atoms with Gasteiger partial charge in [0.25, 0.3) is 0 Å². The Labute approximate surface area is 197 Å². The predicted molar refractivity (Wildman–Crippen MR) is 123 cm³/mol. The molecule has 33 heavy (non-hydrogen) atoms. The van der Waals surface area contributed by atoms with Gasteiger partial charge in [-0.1, -0.05) is 30.7 Å². The molecule has 180 valence electrons. The summed E-state index contributed by atoms with van der Waals surface area (Å²) < 4.78 is 52.6. The Bertz CT molecular complexity index is 1100. The van der Waals surface area contributed by atoms with E-state index in [0.29, 0.717) is 12.1 Å². The van der Waals surface area contributed by atoms with Gasteiger partial charge in [-0.25, -0.2) is 17.2 Å². The van der Waals surface area contributed by atoms with Crippen molar-refractivity contribution in [1.29, 1.82) is 0 Å². The van der Waals surface area contributed by atoms with Gasteiger partial charge < -0.3 is 10.2 Å². The monoisotopic (exact) mass is 501 g/mol. The third-order valence-corrected chi connectivity index (χ3v) is 6.30. The highest BCUT2D eigenvalue weighted by molar-refractivity contribution is 7.92. The van der Waals surface area contributed by atoms with Crippen LogP contribution in [0.4, 0.5) is 14.5 Å². The lowest BCUT2D eigenvalue weighted by Gasteiger charge is -2.32. The van der Waals surface area contributed by atoms with E-state index in [1.165, 1.54) is 35.2 Å². The van der Waals surface area contributed by atoms with Crippen LogP contribution in [-0.4, -0.2) is 50.5 Å². The average molecular weight is 502 g/mol. The van der Waals surface area contributed by atoms with Crippen molar-refractivity contribution in [2.75, 3.05) is 23.7 Å². The van der Waals surface area contributed by atoms with E-state index in [0.717, 1.165) is 22.7 Å². The average Bonchev–Trinajstić information content (AvgIpc) is 2.74. The van der Waals surface area contributed by atoms with Gasteiger partial charge in [0.1, 0.15) is 24.2 Å². The Morgan fingerprint density at radius 1 is 1.09 bits per heavy atom. The second-order valence-corrected chi connectivity index (χ2v) is 9.65. The van der Waals surface area contributed by atoms with Crippen molar-refractivity contribution in [3.63, 3.8) is 0 Å². The molecule has 0 fully saturated rings. The van der Waals surface area contributed by atoms with Crippen molar-refractivity contribution < 1.29 is 26.8 Å². The van der Waals surface area contributed by atoms with E-state index in [1.807, 2.05) is 0 Å². The molecule has 0 bridgehead atoms. The number of sulfonamides is 1. The fourth-order valence-corrected chi connectivity index (χ4v) is 4.27. The zero-order chi connectivity index (χ0) is 24.8. The Hall–Kier alpha value is -2.72. The van der Waals surface area contributed by atoms with Gasteiger partial charge >= 0.3 is 0 Å². The highest BCUT2D eigenvalue weighted by atomic mass is 35.5. The number of carbonyl (C=O) groups is 2. The van der Waals surface area contributed by atoms with E-state index in [-0.39, 0.29) is 23.7 Å². The molecular weight excluding hydrogens is 476 g/mol. The number of rotatable bonds is 10. The van der Waals surface area contributed by atoms with Crippen LogP contribution in [-0.2, 0) is 26.2 Å². The van der Waals surface area contributed by atoms with Crippen LogP contribution >= 0.6 is 11.6 Å². The molecule has 0 aliphatic rings. The quantitative estimate of drug-likeness (QED) is 0.541. The molecule has 0 saturated carbocycles. The van der Waals surface area contributed by atoms with E-state index in [1.54, 1.807) is 13.8 Å². The summed E-state index contributed by atoms with van der Waals surface area (Å²) in [5.41, 5.74) is 0.563. The molecule has 1 atom stereocenters. The molecule has 0 saturated heterocycles. The molecule has 11 heteroatoms. The molecule has 0 heterocycles. The molecule has 7 nitrogen and oxygen atoms in total. The number of carbonyl (C=O) groups excluding carboxylic acids is 2. The second-order valence-electron chi connectivity index (χ2n) is 7.33. The molecule has 2 amide bonds. The van der Waals surface area contributed by atoms with Gasteiger partial charge in [0.15, 0.2) is 0 Å². The van der Waals surface area contributed by atoms with Gasteiger partial charge in [-0.05, 0) is 49.2 Å². The molecule has 0 aliphatic heterocycles. The van der Waals surface area contributed by atoms with Gasteiger partial charge in [0, 0.05) is 13.1 Å². The molecule has 0 aliphatic carbocycles. The summed E-state index contributed by atoms with van der Waals surface area (Å²) in [7, 11) is -3.96. The maximum atomic E-state index is 13.6. The number of benzene rings is 2. The van der Waals surface area contributed by atoms with Crippen LogP contribution in [0.15, 0.2) is 42.5 Å². The molecule has 2 rings (SSSR count). The van der Waals surface area contributed by atoms with E-state index in [4.69, 9.17) is 11.6 Å². The Morgan fingerprint density at radius 2 is 1.73 bits per heavy atom. The minimum atomic E-state index is -3.96. The zero-order valence-electron chi connectivity index (χ0n) is 18.5. The first-order valence-electron chi connectivity index (χ1n) is 10.2. The molecule has 0 spiro atoms. The summed E-state index contributed by atoms with van der Waals surface area (Å²) in [6.07, 6.45) is 1.17. The predicted octanol–water partition coefficient (Wildman–Crippen LogP) is 3.33. The Kier molecular flexibility index (Phi) is 9.18. The lowest BCUT2D eigenvalue weighted by Crippen LogP contribution is -2.52. The molecule has 0 aromatic heterocycles. The van der Waals surface area contributed by atoms with Crippen molar-refractivity contribution in [3.8, 4) is 0 Å². The number of anilines is 1. The second kappa shape index (κ2) is 11.4. The normalized spacial score (nSPS) is 12.2. The topological polar surface area (TPSA) is 86.8 Å². The van der Waals surface area contributed by atoms with Crippen LogP contribution in [0, 0.1) is 11.6 Å². The van der Waals surface area contributed by atoms with Gasteiger partial charge in [-0.2, -0.15) is 0 Å². The van der Waals surface area contributed by atoms with E-state index in [9.17, 15) is 26.8 Å². The van der Waals surface area contributed by atoms with E-state index >= 15 is 0 Å². The van der Waals surface area contributed by atoms with Crippen molar-refractivity contribution in [2.45, 2.75) is 32.9 Å². The standard InChI is InChI=1S/C22H26ClF2N3O4S/c1-4-20(22(30)26-5-2)27(13-15-6-8-16(24)9-7-15)21(29)14-28(33(3,31)32)17-10-11-19(25)18(23)12-17/h6-12,20H,4-5,13-14H2,1-3H3,(H,26,30). The van der Waals surface area contributed by atoms with Gasteiger partial charge in [-0.3, -0.25) is 13.9 Å². The SMILES string of the molecule is CCNC(=O)C(CC)N(Cc1ccc(F)cc1)C(=O)CN(c1ccc(F)c(Cl)c1)S(C)(=O)=O. The summed E-state index contributed by atoms with van der Waals surface area (Å²) in [6, 6.07) is 7.84. The van der Waals surface area contributed by atoms with Crippen LogP contribution < -0.4 is 9.62 Å². The van der Waals surface area contributed by atoms with Gasteiger partial charge in [0.05, 0.1) is 17.0 Å². The van der Waals surface area contributed by atoms with Crippen LogP contribution in [0.25, 0.3) is 0 Å². The smallest absolute Gasteiger partial charge is 0.244 e. The third-order valence-electron chi connectivity index (χ3n) is 4.87. The molecule has 1 unspecified atom stereocenters. The number of nitrogens with one attached hydrogen (secondary N) is 1. The van der Waals surface area contributed by atoms with Gasteiger partial charge in [-0.15, -0.1) is 0 Å². The maximum Gasteiger partial charge on any atom is 0.244 e. The largest absolute Gasteiger partial charge is 0.355 e. The Morgan fingerprint density at radius 3 is 2.24 bits per heavy atom. The molecule has 2 aromatic rings. The lowest BCUT2D eigenvalue weighted by molar-refractivity contribution is -0.140. The highest BCUT2D eigenvalue weighted by Gasteiger charge is 2.31. The van der Waals surface area contributed by atoms with E-state index < -0.39 is 46.1 Å². The first kappa shape index (κ1) is 26.5. The first-order chi connectivity index (χ1) is 15.5. The summed E-state index contributed by atoms with van der Waals surface area (Å²) in [5.74, 6) is -2.25. The van der Waals surface area contributed by atoms with E-state index in [2.05, 4.69) is 5.32 Å². The van der Waals surface area contributed by atoms with Crippen molar-refractivity contribution >= 4 is 39.1 Å². The highest BCUT2D eigenvalue weighted by Crippen LogP contribution is 2.25. The maximum absolute atomic E-state index is 13.6. The summed E-state index contributed by atoms with van der Waals surface area (Å²) in [4.78, 5) is 27.3. The fourth-order valence-electron chi connectivity index (χ4n) is 3.25. The van der Waals surface area contributed by atoms with Gasteiger partial charge in [0.2, 0.25) is 21.8 Å². The summed E-state index contributed by atoms with van der Waals surface area (Å²) in [6.45, 7) is 3.12. The van der Waals surface area contributed by atoms with Crippen LogP contribution in [0.5, 0.6) is 0 Å². The minimum absolute atomic E-state index is 0.00467. The first-order valence-corrected chi connectivity index (χ1v) is 12.4. The Balaban J connectivity index is 2.44. The number of amides is 2. The number of hydrogen-bond donors (Lipinski definition) is 1. The number of nitrogens with zero attached hydrogens (tertiary/aromatic N) is 2. The van der Waals surface area contributed by atoms with Crippen LogP contribution in [0.3, 0.4) is 0 Å². The number of likely N-dealkylation sites (N-methyl/N-ethyl adjacent to an activating group) is 1. The molecule has 0 radical (unpaired) electrons. The minimum Gasteiger partial charge on any atom is -0.355 e. The molecular formula is C22H26ClF2N3O4S. The van der Waals surface area contributed by atoms with Crippen molar-refractivity contribution in [2.24, 2.45) is 0 Å². The van der Waals surface area contributed by atoms with Crippen molar-refractivity contribution in [1.82, 2.24) is 10.2 Å².